The van der Waals surface area contributed by atoms with Crippen molar-refractivity contribution in [1.82, 2.24) is 0 Å². The summed E-state index contributed by atoms with van der Waals surface area (Å²) < 4.78 is 13.0. The van der Waals surface area contributed by atoms with E-state index in [9.17, 15) is 0 Å². The molecule has 0 saturated carbocycles. The van der Waals surface area contributed by atoms with E-state index >= 15 is 0 Å². The molecule has 218 valence electrons. The molecular weight excluding hydrogens is 562 g/mol. The molecule has 0 spiro atoms. The van der Waals surface area contributed by atoms with Crippen molar-refractivity contribution >= 4 is 71.7 Å². The minimum Gasteiger partial charge on any atom is -0.456 e. The lowest BCUT2D eigenvalue weighted by Crippen LogP contribution is -2.16. The molecule has 0 aliphatic heterocycles. The van der Waals surface area contributed by atoms with E-state index in [-0.39, 0.29) is 5.41 Å². The maximum absolute atomic E-state index is 6.57. The highest BCUT2D eigenvalue weighted by Gasteiger charge is 2.37. The Kier molecular flexibility index (Phi) is 5.06. The van der Waals surface area contributed by atoms with Crippen molar-refractivity contribution in [3.05, 3.63) is 151 Å². The van der Waals surface area contributed by atoms with E-state index in [1.54, 1.807) is 0 Å². The second-order valence-electron chi connectivity index (χ2n) is 13.0. The average molecular weight is 592 g/mol. The Bertz CT molecular complexity index is 2690. The van der Waals surface area contributed by atoms with E-state index < -0.39 is 0 Å². The predicted molar refractivity (Wildman–Crippen MR) is 191 cm³/mol. The van der Waals surface area contributed by atoms with Gasteiger partial charge < -0.3 is 13.7 Å². The summed E-state index contributed by atoms with van der Waals surface area (Å²) in [6, 6.07) is 49.9. The summed E-state index contributed by atoms with van der Waals surface area (Å²) in [5.74, 6) is 0. The normalized spacial score (nSPS) is 13.6. The molecule has 0 atom stereocenters. The van der Waals surface area contributed by atoms with Crippen molar-refractivity contribution < 1.29 is 8.83 Å². The van der Waals surface area contributed by atoms with Gasteiger partial charge in [-0.2, -0.15) is 0 Å². The molecule has 0 bridgehead atoms. The van der Waals surface area contributed by atoms with Gasteiger partial charge in [0.05, 0.1) is 5.69 Å². The summed E-state index contributed by atoms with van der Waals surface area (Å²) >= 11 is 0. The topological polar surface area (TPSA) is 29.5 Å². The summed E-state index contributed by atoms with van der Waals surface area (Å²) in [7, 11) is 0. The van der Waals surface area contributed by atoms with Gasteiger partial charge in [-0.05, 0) is 76.0 Å². The smallest absolute Gasteiger partial charge is 0.137 e. The minimum absolute atomic E-state index is 0.110. The number of benzene rings is 7. The Labute approximate surface area is 265 Å². The van der Waals surface area contributed by atoms with Gasteiger partial charge in [-0.1, -0.05) is 92.7 Å². The number of hydrogen-bond donors (Lipinski definition) is 0. The van der Waals surface area contributed by atoms with Crippen LogP contribution in [-0.2, 0) is 5.41 Å². The zero-order chi connectivity index (χ0) is 30.6. The summed E-state index contributed by atoms with van der Waals surface area (Å²) in [6.45, 7) is 4.66. The highest BCUT2D eigenvalue weighted by Crippen LogP contribution is 2.54. The Balaban J connectivity index is 1.24. The largest absolute Gasteiger partial charge is 0.456 e. The lowest BCUT2D eigenvalue weighted by atomic mass is 9.82. The van der Waals surface area contributed by atoms with Crippen LogP contribution in [0.2, 0.25) is 0 Å². The van der Waals surface area contributed by atoms with Crippen LogP contribution in [0.1, 0.15) is 25.0 Å². The van der Waals surface area contributed by atoms with Crippen LogP contribution in [0.5, 0.6) is 0 Å². The molecule has 2 aromatic heterocycles. The van der Waals surface area contributed by atoms with E-state index in [1.165, 1.54) is 33.0 Å². The number of anilines is 3. The van der Waals surface area contributed by atoms with Crippen LogP contribution in [0.25, 0.3) is 65.8 Å². The molecule has 3 nitrogen and oxygen atoms in total. The van der Waals surface area contributed by atoms with E-state index in [2.05, 4.69) is 146 Å². The third-order valence-corrected chi connectivity index (χ3v) is 10.0. The standard InChI is InChI=1S/C43H29NO2/c1-43(2)35-14-7-5-13-33(35)42-36(43)15-9-16-37(42)44(28-18-20-31-30-12-6-8-17-38(30)45-40(31)24-28)29-19-21-32-34-22-26-10-3-4-11-27(26)23-39(34)46-41(32)25-29/h3-25H,1-2H3. The first kappa shape index (κ1) is 25.5. The van der Waals surface area contributed by atoms with Crippen LogP contribution in [0, 0.1) is 0 Å². The molecule has 46 heavy (non-hydrogen) atoms. The van der Waals surface area contributed by atoms with Crippen LogP contribution >= 0.6 is 0 Å². The number of furan rings is 2. The van der Waals surface area contributed by atoms with E-state index in [4.69, 9.17) is 8.83 Å². The molecule has 1 aliphatic rings. The molecule has 1 aliphatic carbocycles. The predicted octanol–water partition coefficient (Wildman–Crippen LogP) is 12.4. The number of para-hydroxylation sites is 1. The fourth-order valence-electron chi connectivity index (χ4n) is 7.79. The molecule has 0 unspecified atom stereocenters. The highest BCUT2D eigenvalue weighted by atomic mass is 16.3. The molecule has 0 amide bonds. The summed E-state index contributed by atoms with van der Waals surface area (Å²) in [5, 5.41) is 6.88. The minimum atomic E-state index is -0.110. The third-order valence-electron chi connectivity index (χ3n) is 10.0. The van der Waals surface area contributed by atoms with E-state index in [1.807, 2.05) is 12.1 Å². The summed E-state index contributed by atoms with van der Waals surface area (Å²) in [4.78, 5) is 2.37. The Morgan fingerprint density at radius 2 is 1.04 bits per heavy atom. The van der Waals surface area contributed by atoms with Gasteiger partial charge in [-0.3, -0.25) is 0 Å². The molecule has 2 heterocycles. The molecule has 0 saturated heterocycles. The van der Waals surface area contributed by atoms with Crippen molar-refractivity contribution in [2.45, 2.75) is 19.3 Å². The summed E-state index contributed by atoms with van der Waals surface area (Å²) in [5.41, 5.74) is 11.8. The molecule has 0 fully saturated rings. The van der Waals surface area contributed by atoms with Crippen LogP contribution in [-0.4, -0.2) is 0 Å². The summed E-state index contributed by atoms with van der Waals surface area (Å²) in [6.07, 6.45) is 0. The number of fused-ring (bicyclic) bond motifs is 10. The molecule has 0 radical (unpaired) electrons. The van der Waals surface area contributed by atoms with Crippen molar-refractivity contribution in [2.75, 3.05) is 4.90 Å². The fraction of sp³-hybridized carbons (Fsp3) is 0.0698. The van der Waals surface area contributed by atoms with Crippen molar-refractivity contribution in [3.8, 4) is 11.1 Å². The molecule has 7 aromatic carbocycles. The van der Waals surface area contributed by atoms with Gasteiger partial charge in [0.15, 0.2) is 0 Å². The monoisotopic (exact) mass is 591 g/mol. The second kappa shape index (κ2) is 9.12. The van der Waals surface area contributed by atoms with Crippen molar-refractivity contribution in [2.24, 2.45) is 0 Å². The Morgan fingerprint density at radius 3 is 1.85 bits per heavy atom. The van der Waals surface area contributed by atoms with Gasteiger partial charge >= 0.3 is 0 Å². The zero-order valence-corrected chi connectivity index (χ0v) is 25.5. The van der Waals surface area contributed by atoms with E-state index in [0.29, 0.717) is 0 Å². The maximum Gasteiger partial charge on any atom is 0.137 e. The van der Waals surface area contributed by atoms with Crippen LogP contribution in [0.15, 0.2) is 148 Å². The first-order chi connectivity index (χ1) is 22.5. The first-order valence-corrected chi connectivity index (χ1v) is 15.8. The quantitative estimate of drug-likeness (QED) is 0.205. The number of rotatable bonds is 3. The van der Waals surface area contributed by atoms with Gasteiger partial charge in [-0.15, -0.1) is 0 Å². The van der Waals surface area contributed by atoms with Crippen molar-refractivity contribution in [3.63, 3.8) is 0 Å². The number of hydrogen-bond acceptors (Lipinski definition) is 3. The van der Waals surface area contributed by atoms with Gasteiger partial charge in [0, 0.05) is 56.0 Å². The Hall–Kier alpha value is -5.80. The maximum atomic E-state index is 6.57. The van der Waals surface area contributed by atoms with Gasteiger partial charge in [0.25, 0.3) is 0 Å². The van der Waals surface area contributed by atoms with Crippen LogP contribution in [0.4, 0.5) is 17.1 Å². The van der Waals surface area contributed by atoms with Crippen LogP contribution < -0.4 is 4.90 Å². The highest BCUT2D eigenvalue weighted by molar-refractivity contribution is 6.11. The van der Waals surface area contributed by atoms with Gasteiger partial charge in [0.2, 0.25) is 0 Å². The average Bonchev–Trinajstić information content (AvgIpc) is 3.71. The molecular formula is C43H29NO2. The Morgan fingerprint density at radius 1 is 0.457 bits per heavy atom. The zero-order valence-electron chi connectivity index (χ0n) is 25.5. The van der Waals surface area contributed by atoms with Gasteiger partial charge in [0.1, 0.15) is 22.3 Å². The lowest BCUT2D eigenvalue weighted by Gasteiger charge is -2.28. The molecule has 3 heteroatoms. The fourth-order valence-corrected chi connectivity index (χ4v) is 7.79. The number of nitrogens with zero attached hydrogens (tertiary/aromatic N) is 1. The molecule has 10 rings (SSSR count). The molecule has 9 aromatic rings. The van der Waals surface area contributed by atoms with Gasteiger partial charge in [-0.25, -0.2) is 0 Å². The SMILES string of the molecule is CC1(C)c2ccccc2-c2c(N(c3ccc4c(c3)oc3ccccc34)c3ccc4c(c3)oc3cc5ccccc5cc34)cccc21. The third kappa shape index (κ3) is 3.48. The van der Waals surface area contributed by atoms with E-state index in [0.717, 1.165) is 60.9 Å². The van der Waals surface area contributed by atoms with Crippen molar-refractivity contribution in [1.29, 1.82) is 0 Å². The first-order valence-electron chi connectivity index (χ1n) is 15.8. The second-order valence-corrected chi connectivity index (χ2v) is 13.0. The van der Waals surface area contributed by atoms with Crippen LogP contribution in [0.3, 0.4) is 0 Å². The molecule has 0 N–H and O–H groups in total. The lowest BCUT2D eigenvalue weighted by molar-refractivity contribution is 0.660.